The molecule has 31 heavy (non-hydrogen) atoms. The number of hydrogen-bond donors (Lipinski definition) is 2. The van der Waals surface area contributed by atoms with Crippen LogP contribution in [0.15, 0.2) is 42.5 Å². The van der Waals surface area contributed by atoms with E-state index in [-0.39, 0.29) is 42.7 Å². The van der Waals surface area contributed by atoms with Gasteiger partial charge in [-0.05, 0) is 24.3 Å². The van der Waals surface area contributed by atoms with Gasteiger partial charge in [0.1, 0.15) is 5.75 Å². The molecule has 7 nitrogen and oxygen atoms in total. The van der Waals surface area contributed by atoms with Gasteiger partial charge in [0.2, 0.25) is 5.91 Å². The Bertz CT molecular complexity index is 941. The largest absolute Gasteiger partial charge is 0.496 e. The molecule has 168 valence electrons. The van der Waals surface area contributed by atoms with Crippen LogP contribution in [0.3, 0.4) is 0 Å². The van der Waals surface area contributed by atoms with Gasteiger partial charge in [0, 0.05) is 50.8 Å². The van der Waals surface area contributed by atoms with E-state index in [1.165, 1.54) is 0 Å². The Hall–Kier alpha value is -2.48. The van der Waals surface area contributed by atoms with E-state index in [9.17, 15) is 9.59 Å². The summed E-state index contributed by atoms with van der Waals surface area (Å²) in [5, 5.41) is 6.31. The van der Waals surface area contributed by atoms with E-state index in [0.717, 1.165) is 23.5 Å². The first kappa shape index (κ1) is 24.8. The molecule has 2 aromatic carbocycles. The highest BCUT2D eigenvalue weighted by molar-refractivity contribution is 6.01. The van der Waals surface area contributed by atoms with Crippen molar-refractivity contribution in [1.29, 1.82) is 0 Å². The Morgan fingerprint density at radius 1 is 1.13 bits per heavy atom. The summed E-state index contributed by atoms with van der Waals surface area (Å²) >= 11 is 0. The average molecular weight is 467 g/mol. The molecule has 2 aromatic rings. The fourth-order valence-corrected chi connectivity index (χ4v) is 4.04. The number of para-hydroxylation sites is 1. The minimum atomic E-state index is -0.122. The monoisotopic (exact) mass is 466 g/mol. The Kier molecular flexibility index (Phi) is 8.56. The summed E-state index contributed by atoms with van der Waals surface area (Å²) in [5.41, 5.74) is 3.17. The summed E-state index contributed by atoms with van der Waals surface area (Å²) in [6.07, 6.45) is 0.433. The maximum absolute atomic E-state index is 13.4. The SMILES string of the molecule is COc1ccccc1C1CNCCN1C(=O)c1ccc2c(c1)NC(=O)CCN2C.Cl.Cl. The lowest BCUT2D eigenvalue weighted by Crippen LogP contribution is -2.48. The number of carbonyl (C=O) groups excluding carboxylic acids is 2. The normalized spacial score (nSPS) is 18.0. The van der Waals surface area contributed by atoms with Gasteiger partial charge in [-0.15, -0.1) is 24.8 Å². The molecule has 1 saturated heterocycles. The predicted molar refractivity (Wildman–Crippen MR) is 127 cm³/mol. The highest BCUT2D eigenvalue weighted by Gasteiger charge is 2.31. The predicted octanol–water partition coefficient (Wildman–Crippen LogP) is 3.10. The van der Waals surface area contributed by atoms with Crippen molar-refractivity contribution in [3.63, 3.8) is 0 Å². The van der Waals surface area contributed by atoms with Gasteiger partial charge in [0.05, 0.1) is 24.5 Å². The van der Waals surface area contributed by atoms with Crippen LogP contribution in [-0.4, -0.2) is 57.1 Å². The van der Waals surface area contributed by atoms with Crippen LogP contribution >= 0.6 is 24.8 Å². The third kappa shape index (κ3) is 5.06. The summed E-state index contributed by atoms with van der Waals surface area (Å²) in [7, 11) is 3.60. The minimum absolute atomic E-state index is 0. The fourth-order valence-electron chi connectivity index (χ4n) is 4.04. The van der Waals surface area contributed by atoms with Crippen LogP contribution in [0.25, 0.3) is 0 Å². The van der Waals surface area contributed by atoms with Crippen molar-refractivity contribution in [2.75, 3.05) is 50.6 Å². The third-order valence-corrected chi connectivity index (χ3v) is 5.61. The molecule has 0 aliphatic carbocycles. The van der Waals surface area contributed by atoms with Gasteiger partial charge in [0.25, 0.3) is 5.91 Å². The highest BCUT2D eigenvalue weighted by Crippen LogP contribution is 2.33. The number of methoxy groups -OCH3 is 1. The van der Waals surface area contributed by atoms with E-state index in [1.807, 2.05) is 53.2 Å². The quantitative estimate of drug-likeness (QED) is 0.726. The number of ether oxygens (including phenoxy) is 1. The number of nitrogens with one attached hydrogen (secondary N) is 2. The second-order valence-electron chi connectivity index (χ2n) is 7.41. The van der Waals surface area contributed by atoms with Gasteiger partial charge in [0.15, 0.2) is 0 Å². The zero-order valence-corrected chi connectivity index (χ0v) is 19.2. The molecule has 0 spiro atoms. The number of anilines is 2. The number of benzene rings is 2. The molecule has 2 aliphatic heterocycles. The topological polar surface area (TPSA) is 73.9 Å². The highest BCUT2D eigenvalue weighted by atomic mass is 35.5. The lowest BCUT2D eigenvalue weighted by molar-refractivity contribution is -0.115. The van der Waals surface area contributed by atoms with E-state index < -0.39 is 0 Å². The molecule has 4 rings (SSSR count). The molecule has 2 N–H and O–H groups in total. The molecular formula is C22H28Cl2N4O3. The van der Waals surface area contributed by atoms with E-state index in [4.69, 9.17) is 4.74 Å². The summed E-state index contributed by atoms with van der Waals surface area (Å²) in [6.45, 7) is 2.66. The number of nitrogens with zero attached hydrogens (tertiary/aromatic N) is 2. The Morgan fingerprint density at radius 2 is 1.90 bits per heavy atom. The molecule has 0 aromatic heterocycles. The van der Waals surface area contributed by atoms with E-state index >= 15 is 0 Å². The molecule has 9 heteroatoms. The van der Waals surface area contributed by atoms with Crippen LogP contribution in [0.4, 0.5) is 11.4 Å². The number of amides is 2. The van der Waals surface area contributed by atoms with Gasteiger partial charge in [-0.25, -0.2) is 0 Å². The smallest absolute Gasteiger partial charge is 0.254 e. The standard InChI is InChI=1S/C22H26N4O3.2ClH/c1-25-11-9-21(27)24-17-13-15(7-8-18(17)25)22(28)26-12-10-23-14-19(26)16-5-3-4-6-20(16)29-2;;/h3-8,13,19,23H,9-12,14H2,1-2H3,(H,24,27);2*1H. The Morgan fingerprint density at radius 3 is 2.68 bits per heavy atom. The van der Waals surface area contributed by atoms with Gasteiger partial charge < -0.3 is 25.2 Å². The maximum Gasteiger partial charge on any atom is 0.254 e. The number of rotatable bonds is 3. The van der Waals surface area contributed by atoms with Gasteiger partial charge in [-0.3, -0.25) is 9.59 Å². The number of fused-ring (bicyclic) bond motifs is 1. The van der Waals surface area contributed by atoms with Crippen molar-refractivity contribution in [3.05, 3.63) is 53.6 Å². The summed E-state index contributed by atoms with van der Waals surface area (Å²) < 4.78 is 5.53. The van der Waals surface area contributed by atoms with Crippen LogP contribution in [0.2, 0.25) is 0 Å². The molecular weight excluding hydrogens is 439 g/mol. The average Bonchev–Trinajstić information content (AvgIpc) is 2.90. The van der Waals surface area contributed by atoms with Crippen molar-refractivity contribution in [2.45, 2.75) is 12.5 Å². The molecule has 0 saturated carbocycles. The Balaban J connectivity index is 0.00000171. The first-order valence-corrected chi connectivity index (χ1v) is 9.88. The lowest BCUT2D eigenvalue weighted by atomic mass is 10.0. The molecule has 2 amide bonds. The maximum atomic E-state index is 13.4. The lowest BCUT2D eigenvalue weighted by Gasteiger charge is -2.37. The van der Waals surface area contributed by atoms with Gasteiger partial charge in [-0.1, -0.05) is 18.2 Å². The fraction of sp³-hybridized carbons (Fsp3) is 0.364. The first-order chi connectivity index (χ1) is 14.1. The molecule has 2 heterocycles. The van der Waals surface area contributed by atoms with Crippen LogP contribution in [0.1, 0.15) is 28.4 Å². The van der Waals surface area contributed by atoms with E-state index in [0.29, 0.717) is 37.3 Å². The van der Waals surface area contributed by atoms with Crippen molar-refractivity contribution >= 4 is 48.0 Å². The first-order valence-electron chi connectivity index (χ1n) is 9.88. The van der Waals surface area contributed by atoms with E-state index in [1.54, 1.807) is 13.2 Å². The molecule has 1 atom stereocenters. The van der Waals surface area contributed by atoms with Crippen LogP contribution < -0.4 is 20.3 Å². The van der Waals surface area contributed by atoms with Crippen molar-refractivity contribution in [2.24, 2.45) is 0 Å². The van der Waals surface area contributed by atoms with Crippen LogP contribution in [-0.2, 0) is 4.79 Å². The Labute approximate surface area is 194 Å². The van der Waals surface area contributed by atoms with Gasteiger partial charge >= 0.3 is 0 Å². The van der Waals surface area contributed by atoms with Crippen molar-refractivity contribution in [1.82, 2.24) is 10.2 Å². The summed E-state index contributed by atoms with van der Waals surface area (Å²) in [6, 6.07) is 13.2. The zero-order chi connectivity index (χ0) is 20.4. The molecule has 1 fully saturated rings. The number of hydrogen-bond acceptors (Lipinski definition) is 5. The molecule has 2 aliphatic rings. The van der Waals surface area contributed by atoms with Crippen molar-refractivity contribution in [3.8, 4) is 5.75 Å². The summed E-state index contributed by atoms with van der Waals surface area (Å²) in [4.78, 5) is 29.4. The second-order valence-corrected chi connectivity index (χ2v) is 7.41. The number of carbonyl (C=O) groups is 2. The number of halogens is 2. The third-order valence-electron chi connectivity index (χ3n) is 5.61. The van der Waals surface area contributed by atoms with Crippen molar-refractivity contribution < 1.29 is 14.3 Å². The van der Waals surface area contributed by atoms with E-state index in [2.05, 4.69) is 10.6 Å². The number of piperazine rings is 1. The zero-order valence-electron chi connectivity index (χ0n) is 17.6. The second kappa shape index (κ2) is 10.7. The molecule has 1 unspecified atom stereocenters. The summed E-state index contributed by atoms with van der Waals surface area (Å²) in [5.74, 6) is 0.690. The molecule has 0 bridgehead atoms. The van der Waals surface area contributed by atoms with Gasteiger partial charge in [-0.2, -0.15) is 0 Å². The molecule has 0 radical (unpaired) electrons. The minimum Gasteiger partial charge on any atom is -0.496 e. The van der Waals surface area contributed by atoms with Crippen LogP contribution in [0, 0.1) is 0 Å². The van der Waals surface area contributed by atoms with Crippen LogP contribution in [0.5, 0.6) is 5.75 Å².